The molecule has 0 heterocycles. The van der Waals surface area contributed by atoms with Crippen molar-refractivity contribution in [3.63, 3.8) is 0 Å². The molecule has 0 bridgehead atoms. The van der Waals surface area contributed by atoms with Crippen molar-refractivity contribution in [3.05, 3.63) is 40.9 Å². The molecule has 1 aromatic carbocycles. The van der Waals surface area contributed by atoms with Crippen molar-refractivity contribution in [2.75, 3.05) is 6.61 Å². The summed E-state index contributed by atoms with van der Waals surface area (Å²) in [6.07, 6.45) is 0. The minimum Gasteiger partial charge on any atom is -0.488 e. The topological polar surface area (TPSA) is 35.2 Å². The van der Waals surface area contributed by atoms with E-state index in [1.807, 2.05) is 25.1 Å². The van der Waals surface area contributed by atoms with Gasteiger partial charge in [0.2, 0.25) is 0 Å². The molecule has 0 atom stereocenters. The monoisotopic (exact) mass is 211 g/mol. The fourth-order valence-electron chi connectivity index (χ4n) is 1.03. The van der Waals surface area contributed by atoms with Crippen LogP contribution in [-0.4, -0.2) is 6.61 Å². The van der Waals surface area contributed by atoms with E-state index in [-0.39, 0.29) is 0 Å². The normalized spacial score (nSPS) is 9.93. The van der Waals surface area contributed by atoms with Crippen molar-refractivity contribution in [2.24, 2.45) is 5.73 Å². The third-order valence-corrected chi connectivity index (χ3v) is 2.17. The number of nitrogens with two attached hydrogens (primary N) is 1. The highest BCUT2D eigenvalue weighted by Gasteiger charge is 2.05. The van der Waals surface area contributed by atoms with Crippen LogP contribution < -0.4 is 10.5 Å². The Morgan fingerprint density at radius 3 is 2.86 bits per heavy atom. The van der Waals surface area contributed by atoms with Crippen molar-refractivity contribution < 1.29 is 4.74 Å². The Morgan fingerprint density at radius 2 is 2.29 bits per heavy atom. The zero-order chi connectivity index (χ0) is 10.6. The van der Waals surface area contributed by atoms with Gasteiger partial charge >= 0.3 is 0 Å². The second-order valence-electron chi connectivity index (χ2n) is 3.18. The molecule has 76 valence electrons. The van der Waals surface area contributed by atoms with E-state index < -0.39 is 0 Å². The third kappa shape index (κ3) is 2.76. The van der Waals surface area contributed by atoms with E-state index in [4.69, 9.17) is 22.1 Å². The fourth-order valence-corrected chi connectivity index (χ4v) is 1.28. The van der Waals surface area contributed by atoms with Gasteiger partial charge in [0.05, 0.1) is 5.02 Å². The van der Waals surface area contributed by atoms with Crippen molar-refractivity contribution in [1.29, 1.82) is 0 Å². The van der Waals surface area contributed by atoms with Crippen molar-refractivity contribution in [2.45, 2.75) is 13.5 Å². The van der Waals surface area contributed by atoms with Gasteiger partial charge in [0.25, 0.3) is 0 Å². The van der Waals surface area contributed by atoms with Crippen LogP contribution in [0.3, 0.4) is 0 Å². The first-order valence-corrected chi connectivity index (χ1v) is 4.77. The van der Waals surface area contributed by atoms with Gasteiger partial charge < -0.3 is 10.5 Å². The Labute approximate surface area is 89.3 Å². The van der Waals surface area contributed by atoms with Crippen molar-refractivity contribution >= 4 is 11.6 Å². The molecule has 14 heavy (non-hydrogen) atoms. The lowest BCUT2D eigenvalue weighted by Gasteiger charge is -2.09. The SMILES string of the molecule is C=C(C)COc1cccc(CN)c1Cl. The van der Waals surface area contributed by atoms with Gasteiger partial charge in [-0.05, 0) is 24.1 Å². The first-order chi connectivity index (χ1) is 6.65. The summed E-state index contributed by atoms with van der Waals surface area (Å²) in [6, 6.07) is 5.59. The Kier molecular flexibility index (Phi) is 3.98. The molecule has 0 amide bonds. The molecule has 1 rings (SSSR count). The highest BCUT2D eigenvalue weighted by Crippen LogP contribution is 2.27. The lowest BCUT2D eigenvalue weighted by Crippen LogP contribution is -2.01. The number of hydrogen-bond donors (Lipinski definition) is 1. The van der Waals surface area contributed by atoms with Crippen molar-refractivity contribution in [1.82, 2.24) is 0 Å². The second kappa shape index (κ2) is 5.03. The quantitative estimate of drug-likeness (QED) is 0.778. The maximum absolute atomic E-state index is 6.06. The Balaban J connectivity index is 2.81. The standard InChI is InChI=1S/C11H14ClNO/c1-8(2)7-14-10-5-3-4-9(6-13)11(10)12/h3-5H,1,6-7,13H2,2H3. The molecule has 0 radical (unpaired) electrons. The van der Waals surface area contributed by atoms with Crippen LogP contribution in [0.15, 0.2) is 30.4 Å². The van der Waals surface area contributed by atoms with Crippen LogP contribution >= 0.6 is 11.6 Å². The molecule has 0 aliphatic carbocycles. The van der Waals surface area contributed by atoms with E-state index in [2.05, 4.69) is 6.58 Å². The van der Waals surface area contributed by atoms with Crippen LogP contribution in [0, 0.1) is 0 Å². The fraction of sp³-hybridized carbons (Fsp3) is 0.273. The van der Waals surface area contributed by atoms with Gasteiger partial charge in [-0.1, -0.05) is 30.3 Å². The van der Waals surface area contributed by atoms with E-state index in [1.165, 1.54) is 0 Å². The summed E-state index contributed by atoms with van der Waals surface area (Å²) >= 11 is 6.06. The maximum atomic E-state index is 6.06. The van der Waals surface area contributed by atoms with Crippen LogP contribution in [0.25, 0.3) is 0 Å². The predicted molar refractivity (Wildman–Crippen MR) is 59.7 cm³/mol. The lowest BCUT2D eigenvalue weighted by atomic mass is 10.2. The minimum absolute atomic E-state index is 0.420. The number of halogens is 1. The largest absolute Gasteiger partial charge is 0.488 e. The lowest BCUT2D eigenvalue weighted by molar-refractivity contribution is 0.352. The molecule has 2 nitrogen and oxygen atoms in total. The number of hydrogen-bond acceptors (Lipinski definition) is 2. The molecular formula is C11H14ClNO. The molecular weight excluding hydrogens is 198 g/mol. The van der Waals surface area contributed by atoms with E-state index in [0.717, 1.165) is 11.1 Å². The summed E-state index contributed by atoms with van der Waals surface area (Å²) in [5.74, 6) is 0.664. The highest BCUT2D eigenvalue weighted by atomic mass is 35.5. The van der Waals surface area contributed by atoms with Crippen LogP contribution in [0.2, 0.25) is 5.02 Å². The molecule has 0 aliphatic heterocycles. The summed E-state index contributed by atoms with van der Waals surface area (Å²) in [5.41, 5.74) is 7.37. The average Bonchev–Trinajstić information content (AvgIpc) is 2.16. The van der Waals surface area contributed by atoms with E-state index in [9.17, 15) is 0 Å². The first kappa shape index (κ1) is 11.1. The summed E-state index contributed by atoms with van der Waals surface area (Å²) in [5, 5.41) is 0.594. The predicted octanol–water partition coefficient (Wildman–Crippen LogP) is 2.75. The van der Waals surface area contributed by atoms with Crippen LogP contribution in [0.1, 0.15) is 12.5 Å². The number of rotatable bonds is 4. The van der Waals surface area contributed by atoms with Gasteiger partial charge in [-0.3, -0.25) is 0 Å². The molecule has 0 aliphatic rings. The summed E-state index contributed by atoms with van der Waals surface area (Å²) < 4.78 is 5.45. The smallest absolute Gasteiger partial charge is 0.138 e. The molecule has 0 fully saturated rings. The van der Waals surface area contributed by atoms with E-state index in [0.29, 0.717) is 23.9 Å². The van der Waals surface area contributed by atoms with Crippen LogP contribution in [0.4, 0.5) is 0 Å². The number of benzene rings is 1. The molecule has 0 spiro atoms. The Morgan fingerprint density at radius 1 is 1.57 bits per heavy atom. The minimum atomic E-state index is 0.420. The number of ether oxygens (including phenoxy) is 1. The van der Waals surface area contributed by atoms with Gasteiger partial charge in [0.15, 0.2) is 0 Å². The molecule has 3 heteroatoms. The maximum Gasteiger partial charge on any atom is 0.138 e. The summed E-state index contributed by atoms with van der Waals surface area (Å²) in [6.45, 7) is 6.55. The van der Waals surface area contributed by atoms with Gasteiger partial charge in [0.1, 0.15) is 12.4 Å². The third-order valence-electron chi connectivity index (χ3n) is 1.74. The molecule has 2 N–H and O–H groups in total. The molecule has 1 aromatic rings. The first-order valence-electron chi connectivity index (χ1n) is 4.39. The Hall–Kier alpha value is -0.990. The van der Waals surface area contributed by atoms with Gasteiger partial charge in [-0.15, -0.1) is 0 Å². The zero-order valence-corrected chi connectivity index (χ0v) is 8.97. The second-order valence-corrected chi connectivity index (χ2v) is 3.56. The molecule has 0 saturated heterocycles. The van der Waals surface area contributed by atoms with Gasteiger partial charge in [-0.25, -0.2) is 0 Å². The molecule has 0 aromatic heterocycles. The van der Waals surface area contributed by atoms with E-state index in [1.54, 1.807) is 0 Å². The van der Waals surface area contributed by atoms with Crippen LogP contribution in [-0.2, 0) is 6.54 Å². The zero-order valence-electron chi connectivity index (χ0n) is 8.22. The summed E-state index contributed by atoms with van der Waals surface area (Å²) in [4.78, 5) is 0. The summed E-state index contributed by atoms with van der Waals surface area (Å²) in [7, 11) is 0. The van der Waals surface area contributed by atoms with E-state index >= 15 is 0 Å². The highest BCUT2D eigenvalue weighted by molar-refractivity contribution is 6.32. The Bertz CT molecular complexity index is 336. The molecule has 0 saturated carbocycles. The van der Waals surface area contributed by atoms with Crippen molar-refractivity contribution in [3.8, 4) is 5.75 Å². The molecule has 0 unspecified atom stereocenters. The van der Waals surface area contributed by atoms with Gasteiger partial charge in [0, 0.05) is 6.54 Å². The van der Waals surface area contributed by atoms with Gasteiger partial charge in [-0.2, -0.15) is 0 Å². The average molecular weight is 212 g/mol. The van der Waals surface area contributed by atoms with Crippen LogP contribution in [0.5, 0.6) is 5.75 Å².